The number of H-pyrrole nitrogens is 1. The maximum Gasteiger partial charge on any atom is 0.452 e. The van der Waals surface area contributed by atoms with Crippen molar-refractivity contribution < 1.29 is 27.8 Å². The molecule has 0 aliphatic carbocycles. The fraction of sp³-hybridized carbons (Fsp3) is 0.583. The van der Waals surface area contributed by atoms with E-state index < -0.39 is 47.7 Å². The highest BCUT2D eigenvalue weighted by molar-refractivity contribution is 5.88. The Hall–Kier alpha value is -2.63. The van der Waals surface area contributed by atoms with Crippen LogP contribution in [-0.2, 0) is 9.53 Å². The molecule has 0 saturated carbocycles. The molecule has 136 valence electrons. The van der Waals surface area contributed by atoms with Gasteiger partial charge in [0.05, 0.1) is 6.04 Å². The van der Waals surface area contributed by atoms with Crippen LogP contribution in [0.4, 0.5) is 13.2 Å². The number of hydrogen-bond acceptors (Lipinski definition) is 6. The first-order chi connectivity index (χ1) is 11.6. The summed E-state index contributed by atoms with van der Waals surface area (Å²) in [5.74, 6) is -2.46. The molecule has 1 aliphatic rings. The van der Waals surface area contributed by atoms with Gasteiger partial charge < -0.3 is 9.84 Å². The third-order valence-electron chi connectivity index (χ3n) is 3.65. The SMILES string of the molecule is Cc1cn([C@H]2C[C@H](N=[N+]=[N-])[C@@H](C(O)C(=O)C(F)(F)F)O2)c(=O)[nH]c1=O. The van der Waals surface area contributed by atoms with E-state index in [0.717, 1.165) is 10.8 Å². The first kappa shape index (κ1) is 18.7. The van der Waals surface area contributed by atoms with Crippen LogP contribution in [0.5, 0.6) is 0 Å². The number of hydrogen-bond donors (Lipinski definition) is 2. The van der Waals surface area contributed by atoms with Crippen LogP contribution in [0, 0.1) is 6.92 Å². The number of alkyl halides is 3. The fourth-order valence-electron chi connectivity index (χ4n) is 2.43. The van der Waals surface area contributed by atoms with Gasteiger partial charge in [0.2, 0.25) is 0 Å². The Morgan fingerprint density at radius 1 is 1.56 bits per heavy atom. The maximum absolute atomic E-state index is 12.5. The summed E-state index contributed by atoms with van der Waals surface area (Å²) in [5.41, 5.74) is 7.08. The molecule has 13 heteroatoms. The number of nitrogens with one attached hydrogen (secondary N) is 1. The molecule has 0 spiro atoms. The maximum atomic E-state index is 12.5. The quantitative estimate of drug-likeness (QED) is 0.448. The molecule has 1 aromatic rings. The average Bonchev–Trinajstić information content (AvgIpc) is 2.92. The molecule has 0 aromatic carbocycles. The minimum Gasteiger partial charge on any atom is -0.382 e. The lowest BCUT2D eigenvalue weighted by Gasteiger charge is -2.21. The summed E-state index contributed by atoms with van der Waals surface area (Å²) < 4.78 is 43.5. The topological polar surface area (TPSA) is 150 Å². The van der Waals surface area contributed by atoms with Crippen molar-refractivity contribution in [3.05, 3.63) is 43.0 Å². The molecular weight excluding hydrogens is 351 g/mol. The van der Waals surface area contributed by atoms with Crippen LogP contribution in [0.3, 0.4) is 0 Å². The van der Waals surface area contributed by atoms with Crippen molar-refractivity contribution in [2.75, 3.05) is 0 Å². The number of aliphatic hydroxyl groups is 1. The first-order valence-corrected chi connectivity index (χ1v) is 6.87. The molecule has 0 bridgehead atoms. The number of aliphatic hydroxyl groups excluding tert-OH is 1. The number of carbonyl (C=O) groups is 1. The molecule has 4 atom stereocenters. The number of nitrogens with zero attached hydrogens (tertiary/aromatic N) is 4. The van der Waals surface area contributed by atoms with Crippen molar-refractivity contribution >= 4 is 5.78 Å². The van der Waals surface area contributed by atoms with E-state index in [0.29, 0.717) is 0 Å². The zero-order chi connectivity index (χ0) is 18.9. The number of ether oxygens (including phenoxy) is 1. The van der Waals surface area contributed by atoms with E-state index in [1.165, 1.54) is 6.92 Å². The van der Waals surface area contributed by atoms with Crippen molar-refractivity contribution in [1.82, 2.24) is 9.55 Å². The Balaban J connectivity index is 2.36. The van der Waals surface area contributed by atoms with Gasteiger partial charge in [-0.25, -0.2) is 4.79 Å². The summed E-state index contributed by atoms with van der Waals surface area (Å²) in [7, 11) is 0. The van der Waals surface area contributed by atoms with Gasteiger partial charge in [-0.3, -0.25) is 19.1 Å². The van der Waals surface area contributed by atoms with Gasteiger partial charge in [-0.2, -0.15) is 13.2 Å². The highest BCUT2D eigenvalue weighted by Gasteiger charge is 2.50. The third-order valence-corrected chi connectivity index (χ3v) is 3.65. The van der Waals surface area contributed by atoms with Crippen molar-refractivity contribution in [2.24, 2.45) is 5.11 Å². The lowest BCUT2D eigenvalue weighted by atomic mass is 10.0. The smallest absolute Gasteiger partial charge is 0.382 e. The molecule has 1 aliphatic heterocycles. The van der Waals surface area contributed by atoms with Crippen molar-refractivity contribution in [2.45, 2.75) is 44.0 Å². The first-order valence-electron chi connectivity index (χ1n) is 6.87. The minimum absolute atomic E-state index is 0.124. The number of carbonyl (C=O) groups excluding carboxylic acids is 1. The van der Waals surface area contributed by atoms with E-state index in [-0.39, 0.29) is 12.0 Å². The van der Waals surface area contributed by atoms with Gasteiger partial charge >= 0.3 is 11.9 Å². The van der Waals surface area contributed by atoms with Gasteiger partial charge in [0.15, 0.2) is 0 Å². The monoisotopic (exact) mass is 363 g/mol. The fourth-order valence-corrected chi connectivity index (χ4v) is 2.43. The zero-order valence-electron chi connectivity index (χ0n) is 12.6. The van der Waals surface area contributed by atoms with E-state index in [9.17, 15) is 32.7 Å². The molecule has 0 amide bonds. The van der Waals surface area contributed by atoms with Crippen LogP contribution in [0.1, 0.15) is 18.2 Å². The number of halogens is 3. The summed E-state index contributed by atoms with van der Waals surface area (Å²) in [6.45, 7) is 1.38. The normalized spacial score (nSPS) is 24.6. The number of azide groups is 1. The van der Waals surface area contributed by atoms with Crippen molar-refractivity contribution in [3.63, 3.8) is 0 Å². The standard InChI is InChI=1S/C12H12F3N5O5/c1-4-3-20(11(24)17-10(4)23)6-2-5(18-19-16)8(25-6)7(21)9(22)12(13,14)15/h3,5-8,21H,2H2,1H3,(H,17,23,24)/t5-,6+,7?,8-/m0/s1. The number of aryl methyl sites for hydroxylation is 1. The van der Waals surface area contributed by atoms with Crippen LogP contribution < -0.4 is 11.2 Å². The molecule has 0 radical (unpaired) electrons. The van der Waals surface area contributed by atoms with Gasteiger partial charge in [-0.05, 0) is 12.5 Å². The molecule has 1 fully saturated rings. The Morgan fingerprint density at radius 3 is 2.76 bits per heavy atom. The molecule has 1 aromatic heterocycles. The van der Waals surface area contributed by atoms with Gasteiger partial charge in [-0.15, -0.1) is 0 Å². The zero-order valence-corrected chi connectivity index (χ0v) is 12.6. The summed E-state index contributed by atoms with van der Waals surface area (Å²) in [6.07, 6.45) is -10.1. The Kier molecular flexibility index (Phi) is 5.02. The number of Topliss-reactive ketones (excluding diaryl/α,β-unsaturated/α-hetero) is 1. The van der Waals surface area contributed by atoms with Crippen molar-refractivity contribution in [3.8, 4) is 0 Å². The number of ketones is 1. The van der Waals surface area contributed by atoms with E-state index in [1.807, 2.05) is 4.98 Å². The van der Waals surface area contributed by atoms with Crippen LogP contribution in [0.2, 0.25) is 0 Å². The van der Waals surface area contributed by atoms with Gasteiger partial charge in [0, 0.05) is 23.1 Å². The summed E-state index contributed by atoms with van der Waals surface area (Å²) in [4.78, 5) is 38.8. The molecule has 2 N–H and O–H groups in total. The summed E-state index contributed by atoms with van der Waals surface area (Å²) >= 11 is 0. The second kappa shape index (κ2) is 6.70. The van der Waals surface area contributed by atoms with Crippen molar-refractivity contribution in [1.29, 1.82) is 0 Å². The van der Waals surface area contributed by atoms with E-state index in [4.69, 9.17) is 10.3 Å². The average molecular weight is 363 g/mol. The van der Waals surface area contributed by atoms with Crippen LogP contribution in [-0.4, -0.2) is 44.9 Å². The van der Waals surface area contributed by atoms with E-state index in [2.05, 4.69) is 10.0 Å². The van der Waals surface area contributed by atoms with E-state index >= 15 is 0 Å². The number of aromatic nitrogens is 2. The second-order valence-corrected chi connectivity index (χ2v) is 5.35. The number of rotatable bonds is 4. The largest absolute Gasteiger partial charge is 0.452 e. The Bertz CT molecular complexity index is 841. The van der Waals surface area contributed by atoms with Crippen LogP contribution >= 0.6 is 0 Å². The van der Waals surface area contributed by atoms with Gasteiger partial charge in [0.25, 0.3) is 11.3 Å². The van der Waals surface area contributed by atoms with Crippen LogP contribution in [0.15, 0.2) is 20.9 Å². The van der Waals surface area contributed by atoms with Crippen LogP contribution in [0.25, 0.3) is 10.4 Å². The Morgan fingerprint density at radius 2 is 2.20 bits per heavy atom. The summed E-state index contributed by atoms with van der Waals surface area (Å²) in [6, 6.07) is -1.32. The Labute approximate surface area is 136 Å². The van der Waals surface area contributed by atoms with Gasteiger partial charge in [0.1, 0.15) is 18.4 Å². The summed E-state index contributed by atoms with van der Waals surface area (Å²) in [5, 5.41) is 12.9. The lowest BCUT2D eigenvalue weighted by Crippen LogP contribution is -2.45. The van der Waals surface area contributed by atoms with Gasteiger partial charge in [-0.1, -0.05) is 5.11 Å². The predicted molar refractivity (Wildman–Crippen MR) is 74.6 cm³/mol. The minimum atomic E-state index is -5.31. The highest BCUT2D eigenvalue weighted by atomic mass is 19.4. The second-order valence-electron chi connectivity index (χ2n) is 5.35. The third kappa shape index (κ3) is 3.73. The molecule has 1 saturated heterocycles. The predicted octanol–water partition coefficient (Wildman–Crippen LogP) is 0.304. The lowest BCUT2D eigenvalue weighted by molar-refractivity contribution is -0.187. The van der Waals surface area contributed by atoms with E-state index in [1.54, 1.807) is 0 Å². The molecule has 1 unspecified atom stereocenters. The molecule has 2 rings (SSSR count). The molecule has 10 nitrogen and oxygen atoms in total. The molecule has 25 heavy (non-hydrogen) atoms. The number of aromatic amines is 1. The molecular formula is C12H12F3N5O5. The highest BCUT2D eigenvalue weighted by Crippen LogP contribution is 2.34. The molecule has 2 heterocycles.